The number of phenols is 1. The zero-order valence-electron chi connectivity index (χ0n) is 10.5. The van der Waals surface area contributed by atoms with Crippen LogP contribution in [0.2, 0.25) is 0 Å². The van der Waals surface area contributed by atoms with E-state index in [1.54, 1.807) is 19.1 Å². The smallest absolute Gasteiger partial charge is 0.345 e. The maximum atomic E-state index is 11.9. The van der Waals surface area contributed by atoms with Crippen LogP contribution >= 0.6 is 0 Å². The molecule has 2 rings (SSSR count). The van der Waals surface area contributed by atoms with E-state index >= 15 is 0 Å². The number of anilines is 1. The highest BCUT2D eigenvalue weighted by atomic mass is 16.3. The van der Waals surface area contributed by atoms with Crippen molar-refractivity contribution in [2.45, 2.75) is 13.8 Å². The number of amides is 1. The maximum Gasteiger partial charge on any atom is 0.345 e. The molecule has 0 saturated carbocycles. The average molecular weight is 259 g/mol. The molecule has 1 heterocycles. The van der Waals surface area contributed by atoms with Gasteiger partial charge in [0.25, 0.3) is 5.91 Å². The second kappa shape index (κ2) is 4.93. The number of rotatable bonds is 2. The van der Waals surface area contributed by atoms with Gasteiger partial charge in [-0.15, -0.1) is 0 Å². The second-order valence-electron chi connectivity index (χ2n) is 4.23. The third-order valence-electron chi connectivity index (χ3n) is 2.51. The van der Waals surface area contributed by atoms with Crippen molar-refractivity contribution in [3.8, 4) is 5.75 Å². The van der Waals surface area contributed by atoms with Crippen molar-refractivity contribution >= 4 is 11.6 Å². The van der Waals surface area contributed by atoms with E-state index < -0.39 is 11.6 Å². The molecule has 3 N–H and O–H groups in total. The lowest BCUT2D eigenvalue weighted by Crippen LogP contribution is -2.21. The van der Waals surface area contributed by atoms with Gasteiger partial charge in [0.2, 0.25) is 0 Å². The Kier molecular flexibility index (Phi) is 3.33. The number of carbonyl (C=O) groups is 1. The lowest BCUT2D eigenvalue weighted by molar-refractivity contribution is 0.102. The Bertz CT molecular complexity index is 692. The van der Waals surface area contributed by atoms with E-state index in [1.165, 1.54) is 12.1 Å². The summed E-state index contributed by atoms with van der Waals surface area (Å²) in [4.78, 5) is 29.1. The van der Waals surface area contributed by atoms with Crippen molar-refractivity contribution in [1.82, 2.24) is 9.97 Å². The van der Waals surface area contributed by atoms with E-state index in [0.29, 0.717) is 5.69 Å². The van der Waals surface area contributed by atoms with Crippen LogP contribution in [0.15, 0.2) is 29.1 Å². The third kappa shape index (κ3) is 2.98. The maximum absolute atomic E-state index is 11.9. The van der Waals surface area contributed by atoms with Gasteiger partial charge in [-0.2, -0.15) is 4.98 Å². The van der Waals surface area contributed by atoms with Crippen molar-refractivity contribution in [2.24, 2.45) is 0 Å². The zero-order valence-corrected chi connectivity index (χ0v) is 10.5. The summed E-state index contributed by atoms with van der Waals surface area (Å²) in [6.45, 7) is 3.48. The number of benzene rings is 1. The topological polar surface area (TPSA) is 95.1 Å². The lowest BCUT2D eigenvalue weighted by atomic mass is 10.2. The first kappa shape index (κ1) is 12.8. The quantitative estimate of drug-likeness (QED) is 0.709. The predicted molar refractivity (Wildman–Crippen MR) is 70.4 cm³/mol. The third-order valence-corrected chi connectivity index (χ3v) is 2.51. The first-order valence-corrected chi connectivity index (χ1v) is 5.64. The molecule has 6 nitrogen and oxygen atoms in total. The molecule has 6 heteroatoms. The van der Waals surface area contributed by atoms with Crippen molar-refractivity contribution in [2.75, 3.05) is 5.32 Å². The van der Waals surface area contributed by atoms with E-state index in [9.17, 15) is 14.7 Å². The second-order valence-corrected chi connectivity index (χ2v) is 4.23. The number of aromatic amines is 1. The van der Waals surface area contributed by atoms with Crippen molar-refractivity contribution < 1.29 is 9.90 Å². The molecule has 0 aliphatic carbocycles. The molecule has 0 aliphatic rings. The van der Waals surface area contributed by atoms with E-state index in [4.69, 9.17) is 0 Å². The van der Waals surface area contributed by atoms with Gasteiger partial charge in [-0.05, 0) is 37.6 Å². The van der Waals surface area contributed by atoms with Gasteiger partial charge in [-0.1, -0.05) is 6.07 Å². The predicted octanol–water partition coefficient (Wildman–Crippen LogP) is 1.34. The van der Waals surface area contributed by atoms with E-state index in [2.05, 4.69) is 15.3 Å². The summed E-state index contributed by atoms with van der Waals surface area (Å²) in [5.74, 6) is -0.580. The van der Waals surface area contributed by atoms with Crippen LogP contribution in [0.3, 0.4) is 0 Å². The molecule has 1 amide bonds. The largest absolute Gasteiger partial charge is 0.506 e. The first-order valence-electron chi connectivity index (χ1n) is 5.64. The highest BCUT2D eigenvalue weighted by molar-refractivity contribution is 6.03. The molecular formula is C13H13N3O3. The lowest BCUT2D eigenvalue weighted by Gasteiger charge is -2.07. The highest BCUT2D eigenvalue weighted by Gasteiger charge is 2.11. The summed E-state index contributed by atoms with van der Waals surface area (Å²) in [5, 5.41) is 12.2. The van der Waals surface area contributed by atoms with Crippen LogP contribution in [-0.4, -0.2) is 21.0 Å². The van der Waals surface area contributed by atoms with Crippen LogP contribution in [0.1, 0.15) is 21.7 Å². The average Bonchev–Trinajstić information content (AvgIpc) is 2.31. The molecular weight excluding hydrogens is 246 g/mol. The van der Waals surface area contributed by atoms with Gasteiger partial charge in [-0.25, -0.2) is 4.79 Å². The number of hydrogen-bond acceptors (Lipinski definition) is 4. The minimum absolute atomic E-state index is 0.00113. The monoisotopic (exact) mass is 259 g/mol. The molecule has 19 heavy (non-hydrogen) atoms. The van der Waals surface area contributed by atoms with Crippen LogP contribution in [0.5, 0.6) is 5.75 Å². The Balaban J connectivity index is 2.28. The number of nitrogens with one attached hydrogen (secondary N) is 2. The van der Waals surface area contributed by atoms with Crippen molar-refractivity contribution in [3.63, 3.8) is 0 Å². The Labute approximate surface area is 109 Å². The summed E-state index contributed by atoms with van der Waals surface area (Å²) in [6, 6.07) is 6.34. The molecule has 0 fully saturated rings. The van der Waals surface area contributed by atoms with Gasteiger partial charge in [0, 0.05) is 5.69 Å². The zero-order chi connectivity index (χ0) is 14.0. The van der Waals surface area contributed by atoms with Crippen LogP contribution < -0.4 is 11.0 Å². The van der Waals surface area contributed by atoms with Gasteiger partial charge in [0.05, 0.1) is 5.69 Å². The number of hydrogen-bond donors (Lipinski definition) is 3. The van der Waals surface area contributed by atoms with Crippen molar-refractivity contribution in [1.29, 1.82) is 0 Å². The summed E-state index contributed by atoms with van der Waals surface area (Å²) < 4.78 is 0. The SMILES string of the molecule is Cc1ccc(NC(=O)c2cc(C)[nH]c(=O)n2)c(O)c1. The Hall–Kier alpha value is -2.63. The number of aromatic nitrogens is 2. The molecule has 0 radical (unpaired) electrons. The van der Waals surface area contributed by atoms with Gasteiger partial charge < -0.3 is 15.4 Å². The number of nitrogens with zero attached hydrogens (tertiary/aromatic N) is 1. The molecule has 2 aromatic rings. The summed E-state index contributed by atoms with van der Waals surface area (Å²) in [5.41, 5.74) is 1.11. The van der Waals surface area contributed by atoms with Gasteiger partial charge in [0.1, 0.15) is 11.4 Å². The number of carbonyl (C=O) groups excluding carboxylic acids is 1. The van der Waals surface area contributed by atoms with Crippen LogP contribution in [0, 0.1) is 13.8 Å². The molecule has 0 bridgehead atoms. The molecule has 0 saturated heterocycles. The fourth-order valence-electron chi connectivity index (χ4n) is 1.63. The van der Waals surface area contributed by atoms with Gasteiger partial charge in [-0.3, -0.25) is 4.79 Å². The standard InChI is InChI=1S/C13H13N3O3/c1-7-3-4-9(11(17)5-7)15-12(18)10-6-8(2)14-13(19)16-10/h3-6,17H,1-2H3,(H,15,18)(H,14,16,19). The summed E-state index contributed by atoms with van der Waals surface area (Å²) in [6.07, 6.45) is 0. The molecule has 1 aromatic heterocycles. The first-order chi connectivity index (χ1) is 8.95. The van der Waals surface area contributed by atoms with Gasteiger partial charge >= 0.3 is 5.69 Å². The molecule has 0 unspecified atom stereocenters. The minimum Gasteiger partial charge on any atom is -0.506 e. The van der Waals surface area contributed by atoms with E-state index in [1.807, 2.05) is 6.92 Å². The highest BCUT2D eigenvalue weighted by Crippen LogP contribution is 2.24. The summed E-state index contributed by atoms with van der Waals surface area (Å²) >= 11 is 0. The van der Waals surface area contributed by atoms with E-state index in [-0.39, 0.29) is 17.1 Å². The van der Waals surface area contributed by atoms with Crippen LogP contribution in [0.4, 0.5) is 5.69 Å². The molecule has 0 atom stereocenters. The van der Waals surface area contributed by atoms with Crippen LogP contribution in [-0.2, 0) is 0 Å². The molecule has 0 aliphatic heterocycles. The number of H-pyrrole nitrogens is 1. The summed E-state index contributed by atoms with van der Waals surface area (Å²) in [7, 11) is 0. The minimum atomic E-state index is -0.585. The molecule has 98 valence electrons. The number of aromatic hydroxyl groups is 1. The fraction of sp³-hybridized carbons (Fsp3) is 0.154. The van der Waals surface area contributed by atoms with Gasteiger partial charge in [0.15, 0.2) is 0 Å². The molecule has 0 spiro atoms. The Morgan fingerprint density at radius 1 is 1.32 bits per heavy atom. The fourth-order valence-corrected chi connectivity index (χ4v) is 1.63. The molecule has 1 aromatic carbocycles. The Morgan fingerprint density at radius 2 is 2.05 bits per heavy atom. The number of phenolic OH excluding ortho intramolecular Hbond substituents is 1. The van der Waals surface area contributed by atoms with Crippen LogP contribution in [0.25, 0.3) is 0 Å². The van der Waals surface area contributed by atoms with Crippen molar-refractivity contribution in [3.05, 3.63) is 51.7 Å². The number of aryl methyl sites for hydroxylation is 2. The Morgan fingerprint density at radius 3 is 2.68 bits per heavy atom. The normalized spacial score (nSPS) is 10.2. The van der Waals surface area contributed by atoms with E-state index in [0.717, 1.165) is 5.56 Å².